The molecule has 3 aromatic carbocycles. The lowest BCUT2D eigenvalue weighted by Crippen LogP contribution is -2.23. The van der Waals surface area contributed by atoms with Gasteiger partial charge in [-0.15, -0.1) is 0 Å². The summed E-state index contributed by atoms with van der Waals surface area (Å²) < 4.78 is 24.8. The van der Waals surface area contributed by atoms with E-state index in [1.807, 2.05) is 31.2 Å². The van der Waals surface area contributed by atoms with E-state index in [9.17, 15) is 9.18 Å². The number of halogens is 1. The molecule has 31 heavy (non-hydrogen) atoms. The molecule has 0 radical (unpaired) electrons. The lowest BCUT2D eigenvalue weighted by Gasteiger charge is -2.14. The predicted molar refractivity (Wildman–Crippen MR) is 117 cm³/mol. The zero-order valence-electron chi connectivity index (χ0n) is 17.2. The highest BCUT2D eigenvalue weighted by molar-refractivity contribution is 5.96. The molecule has 1 N–H and O–H groups in total. The second-order valence-electron chi connectivity index (χ2n) is 7.04. The molecule has 0 bridgehead atoms. The smallest absolute Gasteiger partial charge is 0.251 e. The van der Waals surface area contributed by atoms with E-state index in [1.165, 1.54) is 12.1 Å². The van der Waals surface area contributed by atoms with Crippen LogP contribution in [0.4, 0.5) is 4.39 Å². The number of rotatable bonds is 6. The fourth-order valence-corrected chi connectivity index (χ4v) is 3.33. The molecule has 4 aromatic rings. The molecule has 0 aliphatic rings. The minimum Gasteiger partial charge on any atom is -0.497 e. The zero-order valence-corrected chi connectivity index (χ0v) is 17.2. The lowest BCUT2D eigenvalue weighted by atomic mass is 10.1. The standard InChI is InChI=1S/C25H21FN2O3/c1-16-20(25(29)28-15-17-5-3-6-18(26)13-17)7-4-8-23(16)31-24-11-12-27-22-14-19(30-2)9-10-21(22)24/h3-14H,15H2,1-2H3,(H,28,29). The lowest BCUT2D eigenvalue weighted by molar-refractivity contribution is 0.0950. The molecule has 156 valence electrons. The first kappa shape index (κ1) is 20.3. The summed E-state index contributed by atoms with van der Waals surface area (Å²) in [5.74, 6) is 1.33. The minimum atomic E-state index is -0.333. The zero-order chi connectivity index (χ0) is 21.8. The number of carbonyl (C=O) groups excluding carboxylic acids is 1. The Hall–Kier alpha value is -3.93. The van der Waals surface area contributed by atoms with Gasteiger partial charge < -0.3 is 14.8 Å². The number of carbonyl (C=O) groups is 1. The summed E-state index contributed by atoms with van der Waals surface area (Å²) >= 11 is 0. The topological polar surface area (TPSA) is 60.5 Å². The Morgan fingerprint density at radius 3 is 2.68 bits per heavy atom. The van der Waals surface area contributed by atoms with Gasteiger partial charge in [0, 0.05) is 35.3 Å². The molecule has 0 saturated carbocycles. The first-order chi connectivity index (χ1) is 15.0. The number of nitrogens with one attached hydrogen (secondary N) is 1. The van der Waals surface area contributed by atoms with Crippen LogP contribution < -0.4 is 14.8 Å². The monoisotopic (exact) mass is 416 g/mol. The largest absolute Gasteiger partial charge is 0.497 e. The predicted octanol–water partition coefficient (Wildman–Crippen LogP) is 5.41. The third-order valence-corrected chi connectivity index (χ3v) is 5.00. The van der Waals surface area contributed by atoms with E-state index in [0.29, 0.717) is 33.9 Å². The number of ether oxygens (including phenoxy) is 2. The van der Waals surface area contributed by atoms with Crippen molar-refractivity contribution in [2.75, 3.05) is 7.11 Å². The molecule has 0 fully saturated rings. The summed E-state index contributed by atoms with van der Waals surface area (Å²) in [7, 11) is 1.61. The number of hydrogen-bond donors (Lipinski definition) is 1. The maximum atomic E-state index is 13.4. The third kappa shape index (κ3) is 4.48. The van der Waals surface area contributed by atoms with Crippen molar-refractivity contribution in [3.05, 3.63) is 95.4 Å². The van der Waals surface area contributed by atoms with Gasteiger partial charge in [0.1, 0.15) is 23.1 Å². The molecule has 0 aliphatic carbocycles. The molecule has 0 aliphatic heterocycles. The van der Waals surface area contributed by atoms with E-state index < -0.39 is 0 Å². The van der Waals surface area contributed by atoms with Crippen molar-refractivity contribution in [1.29, 1.82) is 0 Å². The molecule has 0 spiro atoms. The molecule has 0 saturated heterocycles. The fraction of sp³-hybridized carbons (Fsp3) is 0.120. The Balaban J connectivity index is 1.56. The summed E-state index contributed by atoms with van der Waals surface area (Å²) in [5.41, 5.74) is 2.64. The van der Waals surface area contributed by atoms with Crippen LogP contribution in [0.5, 0.6) is 17.2 Å². The summed E-state index contributed by atoms with van der Waals surface area (Å²) in [6.07, 6.45) is 1.67. The van der Waals surface area contributed by atoms with Crippen LogP contribution in [0.15, 0.2) is 72.9 Å². The molecular weight excluding hydrogens is 395 g/mol. The maximum Gasteiger partial charge on any atom is 0.251 e. The number of pyridine rings is 1. The average Bonchev–Trinajstić information content (AvgIpc) is 2.78. The molecule has 0 atom stereocenters. The third-order valence-electron chi connectivity index (χ3n) is 5.00. The van der Waals surface area contributed by atoms with Gasteiger partial charge in [0.05, 0.1) is 12.6 Å². The van der Waals surface area contributed by atoms with E-state index in [4.69, 9.17) is 9.47 Å². The van der Waals surface area contributed by atoms with Crippen LogP contribution in [0, 0.1) is 12.7 Å². The Kier molecular flexibility index (Phi) is 5.80. The molecule has 1 heterocycles. The van der Waals surface area contributed by atoms with Gasteiger partial charge in [-0.05, 0) is 55.0 Å². The van der Waals surface area contributed by atoms with Gasteiger partial charge >= 0.3 is 0 Å². The van der Waals surface area contributed by atoms with E-state index in [0.717, 1.165) is 10.9 Å². The van der Waals surface area contributed by atoms with Gasteiger partial charge in [0.2, 0.25) is 0 Å². The van der Waals surface area contributed by atoms with Crippen LogP contribution in [0.1, 0.15) is 21.5 Å². The van der Waals surface area contributed by atoms with Gasteiger partial charge in [0.15, 0.2) is 0 Å². The summed E-state index contributed by atoms with van der Waals surface area (Å²) in [6.45, 7) is 2.07. The molecule has 5 nitrogen and oxygen atoms in total. The quantitative estimate of drug-likeness (QED) is 0.456. The molecule has 1 aromatic heterocycles. The number of hydrogen-bond acceptors (Lipinski definition) is 4. The van der Waals surface area contributed by atoms with Crippen LogP contribution in [0.3, 0.4) is 0 Å². The second-order valence-corrected chi connectivity index (χ2v) is 7.04. The molecule has 0 unspecified atom stereocenters. The highest BCUT2D eigenvalue weighted by Gasteiger charge is 2.14. The van der Waals surface area contributed by atoms with Crippen LogP contribution in [0.2, 0.25) is 0 Å². The van der Waals surface area contributed by atoms with Crippen LogP contribution in [-0.2, 0) is 6.54 Å². The number of methoxy groups -OCH3 is 1. The fourth-order valence-electron chi connectivity index (χ4n) is 3.33. The van der Waals surface area contributed by atoms with Crippen LogP contribution >= 0.6 is 0 Å². The average molecular weight is 416 g/mol. The highest BCUT2D eigenvalue weighted by atomic mass is 19.1. The normalized spacial score (nSPS) is 10.7. The van der Waals surface area contributed by atoms with Crippen molar-refractivity contribution >= 4 is 16.8 Å². The Morgan fingerprint density at radius 1 is 1.03 bits per heavy atom. The Morgan fingerprint density at radius 2 is 1.87 bits per heavy atom. The van der Waals surface area contributed by atoms with Crippen molar-refractivity contribution in [2.24, 2.45) is 0 Å². The first-order valence-corrected chi connectivity index (χ1v) is 9.78. The number of nitrogens with zero attached hydrogens (tertiary/aromatic N) is 1. The van der Waals surface area contributed by atoms with Crippen LogP contribution in [0.25, 0.3) is 10.9 Å². The van der Waals surface area contributed by atoms with Gasteiger partial charge in [-0.3, -0.25) is 9.78 Å². The van der Waals surface area contributed by atoms with E-state index in [1.54, 1.807) is 43.6 Å². The highest BCUT2D eigenvalue weighted by Crippen LogP contribution is 2.33. The van der Waals surface area contributed by atoms with Crippen molar-refractivity contribution < 1.29 is 18.7 Å². The van der Waals surface area contributed by atoms with Gasteiger partial charge in [-0.1, -0.05) is 18.2 Å². The van der Waals surface area contributed by atoms with Gasteiger partial charge in [-0.25, -0.2) is 4.39 Å². The summed E-state index contributed by atoms with van der Waals surface area (Å²) in [6, 6.07) is 18.8. The number of aromatic nitrogens is 1. The first-order valence-electron chi connectivity index (χ1n) is 9.78. The van der Waals surface area contributed by atoms with Crippen molar-refractivity contribution in [3.8, 4) is 17.2 Å². The number of amides is 1. The van der Waals surface area contributed by atoms with Crippen molar-refractivity contribution in [2.45, 2.75) is 13.5 Å². The Labute approximate surface area is 179 Å². The number of benzene rings is 3. The van der Waals surface area contributed by atoms with Gasteiger partial charge in [-0.2, -0.15) is 0 Å². The molecular formula is C25H21FN2O3. The maximum absolute atomic E-state index is 13.4. The van der Waals surface area contributed by atoms with Crippen molar-refractivity contribution in [1.82, 2.24) is 10.3 Å². The van der Waals surface area contributed by atoms with E-state index in [2.05, 4.69) is 10.3 Å². The van der Waals surface area contributed by atoms with Crippen molar-refractivity contribution in [3.63, 3.8) is 0 Å². The van der Waals surface area contributed by atoms with Gasteiger partial charge in [0.25, 0.3) is 5.91 Å². The van der Waals surface area contributed by atoms with E-state index >= 15 is 0 Å². The summed E-state index contributed by atoms with van der Waals surface area (Å²) in [4.78, 5) is 17.1. The number of fused-ring (bicyclic) bond motifs is 1. The molecule has 1 amide bonds. The SMILES string of the molecule is COc1ccc2c(Oc3cccc(C(=O)NCc4cccc(F)c4)c3C)ccnc2c1. The molecule has 6 heteroatoms. The summed E-state index contributed by atoms with van der Waals surface area (Å²) in [5, 5.41) is 3.67. The second kappa shape index (κ2) is 8.83. The van der Waals surface area contributed by atoms with E-state index in [-0.39, 0.29) is 18.3 Å². The van der Waals surface area contributed by atoms with Crippen LogP contribution in [-0.4, -0.2) is 18.0 Å². The minimum absolute atomic E-state index is 0.234. The molecule has 4 rings (SSSR count). The Bertz CT molecular complexity index is 1260.